The molecule has 1 N–H and O–H groups in total. The van der Waals surface area contributed by atoms with Crippen LogP contribution in [0.2, 0.25) is 0 Å². The summed E-state index contributed by atoms with van der Waals surface area (Å²) >= 11 is 0. The highest BCUT2D eigenvalue weighted by molar-refractivity contribution is 6.08. The summed E-state index contributed by atoms with van der Waals surface area (Å²) in [6.07, 6.45) is 8.61. The summed E-state index contributed by atoms with van der Waals surface area (Å²) in [5.74, 6) is 2.28. The first kappa shape index (κ1) is 24.1. The molecule has 2 aliphatic heterocycles. The van der Waals surface area contributed by atoms with Crippen molar-refractivity contribution in [2.75, 3.05) is 54.5 Å². The average molecular weight is 529 g/mol. The number of morpholine rings is 1. The maximum absolute atomic E-state index is 13.8. The van der Waals surface area contributed by atoms with Gasteiger partial charge in [-0.3, -0.25) is 9.48 Å². The van der Waals surface area contributed by atoms with Crippen molar-refractivity contribution < 1.29 is 13.9 Å². The molecular weight excluding hydrogens is 496 g/mol. The monoisotopic (exact) mass is 528 g/mol. The molecule has 202 valence electrons. The van der Waals surface area contributed by atoms with Crippen LogP contribution in [0.1, 0.15) is 36.0 Å². The number of fused-ring (bicyclic) bond motifs is 2. The van der Waals surface area contributed by atoms with Gasteiger partial charge in [-0.2, -0.15) is 10.1 Å². The number of hydrogen-bond donors (Lipinski definition) is 1. The van der Waals surface area contributed by atoms with E-state index in [0.29, 0.717) is 66.7 Å². The number of carbonyl (C=O) groups excluding carboxylic acids is 1. The fraction of sp³-hybridized carbons (Fsp3) is 0.464. The Balaban J connectivity index is 1.23. The molecule has 1 unspecified atom stereocenters. The minimum atomic E-state index is -0.270. The highest BCUT2D eigenvalue weighted by Crippen LogP contribution is 2.40. The van der Waals surface area contributed by atoms with Crippen LogP contribution in [0.25, 0.3) is 22.5 Å². The van der Waals surface area contributed by atoms with E-state index in [4.69, 9.17) is 19.1 Å². The molecule has 1 saturated carbocycles. The van der Waals surface area contributed by atoms with E-state index < -0.39 is 0 Å². The predicted octanol–water partition coefficient (Wildman–Crippen LogP) is 3.73. The van der Waals surface area contributed by atoms with E-state index in [9.17, 15) is 4.79 Å². The molecule has 0 aromatic carbocycles. The zero-order valence-corrected chi connectivity index (χ0v) is 22.0. The number of nitrogens with zero attached hydrogens (tertiary/aromatic N) is 7. The molecule has 2 saturated heterocycles. The molecule has 0 radical (unpaired) electrons. The highest BCUT2D eigenvalue weighted by Gasteiger charge is 2.35. The fourth-order valence-electron chi connectivity index (χ4n) is 6.17. The quantitative estimate of drug-likeness (QED) is 0.414. The van der Waals surface area contributed by atoms with Gasteiger partial charge in [-0.05, 0) is 36.8 Å². The maximum atomic E-state index is 13.8. The lowest BCUT2D eigenvalue weighted by Crippen LogP contribution is -2.40. The van der Waals surface area contributed by atoms with Crippen LogP contribution in [-0.2, 0) is 11.8 Å². The topological polar surface area (TPSA) is 114 Å². The summed E-state index contributed by atoms with van der Waals surface area (Å²) in [5, 5.41) is 7.23. The molecular formula is C28H32N8O3. The van der Waals surface area contributed by atoms with Gasteiger partial charge in [0.15, 0.2) is 5.58 Å². The van der Waals surface area contributed by atoms with E-state index in [1.165, 1.54) is 19.3 Å². The number of anilines is 3. The van der Waals surface area contributed by atoms with Crippen LogP contribution in [0, 0.1) is 11.8 Å². The summed E-state index contributed by atoms with van der Waals surface area (Å²) in [4.78, 5) is 32.4. The molecule has 3 fully saturated rings. The number of aromatic nitrogens is 5. The number of hydrogen-bond acceptors (Lipinski definition) is 9. The van der Waals surface area contributed by atoms with Gasteiger partial charge in [0.25, 0.3) is 11.9 Å². The van der Waals surface area contributed by atoms with Gasteiger partial charge in [0.2, 0.25) is 5.65 Å². The van der Waals surface area contributed by atoms with Crippen molar-refractivity contribution in [3.05, 3.63) is 42.2 Å². The Labute approximate surface area is 226 Å². The van der Waals surface area contributed by atoms with Gasteiger partial charge >= 0.3 is 0 Å². The van der Waals surface area contributed by atoms with Crippen LogP contribution in [0.5, 0.6) is 0 Å². The maximum Gasteiger partial charge on any atom is 0.300 e. The zero-order chi connectivity index (χ0) is 26.3. The second-order valence-corrected chi connectivity index (χ2v) is 10.7. The van der Waals surface area contributed by atoms with Crippen molar-refractivity contribution in [3.8, 4) is 11.3 Å². The molecule has 11 nitrogen and oxygen atoms in total. The first-order valence-electron chi connectivity index (χ1n) is 13.8. The van der Waals surface area contributed by atoms with E-state index in [1.54, 1.807) is 23.0 Å². The Bertz CT molecular complexity index is 1510. The number of aryl methyl sites for hydroxylation is 1. The van der Waals surface area contributed by atoms with Crippen molar-refractivity contribution in [2.45, 2.75) is 25.7 Å². The largest absolute Gasteiger partial charge is 0.422 e. The third kappa shape index (κ3) is 4.71. The van der Waals surface area contributed by atoms with Crippen LogP contribution >= 0.6 is 0 Å². The van der Waals surface area contributed by atoms with Gasteiger partial charge in [0, 0.05) is 51.1 Å². The summed E-state index contributed by atoms with van der Waals surface area (Å²) in [7, 11) is 1.86. The Morgan fingerprint density at radius 2 is 1.90 bits per heavy atom. The number of rotatable bonds is 5. The molecule has 1 aliphatic carbocycles. The summed E-state index contributed by atoms with van der Waals surface area (Å²) in [6, 6.07) is 7.88. The van der Waals surface area contributed by atoms with Crippen molar-refractivity contribution in [1.82, 2.24) is 24.7 Å². The number of carbonyl (C=O) groups is 1. The van der Waals surface area contributed by atoms with E-state index in [1.807, 2.05) is 25.4 Å². The van der Waals surface area contributed by atoms with E-state index in [-0.39, 0.29) is 5.91 Å². The smallest absolute Gasteiger partial charge is 0.300 e. The van der Waals surface area contributed by atoms with Crippen molar-refractivity contribution in [2.24, 2.45) is 18.9 Å². The second-order valence-electron chi connectivity index (χ2n) is 10.7. The van der Waals surface area contributed by atoms with Gasteiger partial charge in [-0.25, -0.2) is 9.97 Å². The van der Waals surface area contributed by atoms with Crippen LogP contribution in [0.3, 0.4) is 0 Å². The minimum absolute atomic E-state index is 0.270. The predicted molar refractivity (Wildman–Crippen MR) is 147 cm³/mol. The van der Waals surface area contributed by atoms with Crippen molar-refractivity contribution in [1.29, 1.82) is 0 Å². The standard InChI is InChI=1S/C28H32N8O3/c1-34-16-20(15-29-34)22-6-3-7-24(30-22)31-27(37)21-14-23-25(33-28(39-23)35-10-12-38-13-11-35)32-26(21)36-9-8-18-4-2-5-19(18)17-36/h3,6-7,14-16,18-19H,2,4-5,8-13,17H2,1H3,(H,30,31,37)/t18?,19-/m0/s1. The third-order valence-corrected chi connectivity index (χ3v) is 8.21. The molecule has 4 aromatic heterocycles. The molecule has 11 heteroatoms. The molecule has 2 atom stereocenters. The van der Waals surface area contributed by atoms with Crippen LogP contribution < -0.4 is 15.1 Å². The van der Waals surface area contributed by atoms with E-state index in [0.717, 1.165) is 36.7 Å². The number of ether oxygens (including phenoxy) is 1. The van der Waals surface area contributed by atoms with Crippen LogP contribution in [0.4, 0.5) is 17.7 Å². The van der Waals surface area contributed by atoms with Crippen molar-refractivity contribution in [3.63, 3.8) is 0 Å². The molecule has 3 aliphatic rings. The van der Waals surface area contributed by atoms with Gasteiger partial charge in [-0.15, -0.1) is 0 Å². The molecule has 6 heterocycles. The molecule has 0 bridgehead atoms. The van der Waals surface area contributed by atoms with Gasteiger partial charge in [0.05, 0.1) is 30.7 Å². The second kappa shape index (κ2) is 9.96. The third-order valence-electron chi connectivity index (χ3n) is 8.21. The average Bonchev–Trinajstić information content (AvgIpc) is 3.72. The summed E-state index contributed by atoms with van der Waals surface area (Å²) in [6.45, 7) is 4.47. The zero-order valence-electron chi connectivity index (χ0n) is 22.0. The number of pyridine rings is 2. The Kier molecular flexibility index (Phi) is 6.15. The lowest BCUT2D eigenvalue weighted by molar-refractivity contribution is 0.102. The van der Waals surface area contributed by atoms with Crippen LogP contribution in [0.15, 0.2) is 41.1 Å². The van der Waals surface area contributed by atoms with E-state index in [2.05, 4.69) is 25.2 Å². The number of nitrogens with one attached hydrogen (secondary N) is 1. The summed E-state index contributed by atoms with van der Waals surface area (Å²) < 4.78 is 13.3. The van der Waals surface area contributed by atoms with Crippen molar-refractivity contribution >= 4 is 34.8 Å². The first-order chi connectivity index (χ1) is 19.1. The Hall–Kier alpha value is -3.99. The van der Waals surface area contributed by atoms with Gasteiger partial charge < -0.3 is 24.3 Å². The number of amides is 1. The molecule has 39 heavy (non-hydrogen) atoms. The molecule has 0 spiro atoms. The Morgan fingerprint density at radius 1 is 1.03 bits per heavy atom. The van der Waals surface area contributed by atoms with Gasteiger partial charge in [-0.1, -0.05) is 18.9 Å². The van der Waals surface area contributed by atoms with Crippen LogP contribution in [-0.4, -0.2) is 70.0 Å². The van der Waals surface area contributed by atoms with E-state index >= 15 is 0 Å². The number of oxazole rings is 1. The molecule has 7 rings (SSSR count). The highest BCUT2D eigenvalue weighted by atomic mass is 16.5. The lowest BCUT2D eigenvalue weighted by Gasteiger charge is -2.36. The number of piperidine rings is 1. The SMILES string of the molecule is Cn1cc(-c2cccc(NC(=O)c3cc4oc(N5CCOCC5)nc4nc3N3CCC4CCC[C@H]4C3)n2)cn1. The first-order valence-corrected chi connectivity index (χ1v) is 13.8. The fourth-order valence-corrected chi connectivity index (χ4v) is 6.17. The minimum Gasteiger partial charge on any atom is -0.422 e. The molecule has 4 aromatic rings. The normalized spacial score (nSPS) is 21.4. The van der Waals surface area contributed by atoms with Gasteiger partial charge in [0.1, 0.15) is 11.6 Å². The Morgan fingerprint density at radius 3 is 2.74 bits per heavy atom. The summed E-state index contributed by atoms with van der Waals surface area (Å²) in [5.41, 5.74) is 3.11. The lowest BCUT2D eigenvalue weighted by atomic mass is 9.88. The molecule has 1 amide bonds.